The molecule has 0 amide bonds. The molecule has 0 radical (unpaired) electrons. The van der Waals surface area contributed by atoms with E-state index in [4.69, 9.17) is 4.74 Å². The molecule has 2 atom stereocenters. The molecule has 1 aromatic rings. The Morgan fingerprint density at radius 1 is 0.767 bits per heavy atom. The first-order chi connectivity index (χ1) is 14.4. The lowest BCUT2D eigenvalue weighted by molar-refractivity contribution is -0.0709. The lowest BCUT2D eigenvalue weighted by atomic mass is 9.73. The standard InChI is InChI=1S/C24H31F4IO/c25-20-11-18(12-21(26)23(20)24(27)28)15-1-3-16(4-2-15)22-10-7-17(13-30-22)14-5-8-19(29)9-6-14/h11-12,14-17,19,22,24H,1-10,13H2/t14?,15?,16?,17-,19?,22?/m1/s1. The summed E-state index contributed by atoms with van der Waals surface area (Å²) in [7, 11) is 0. The van der Waals surface area contributed by atoms with Gasteiger partial charge in [0.15, 0.2) is 0 Å². The van der Waals surface area contributed by atoms with E-state index in [1.165, 1.54) is 32.1 Å². The number of hydrogen-bond donors (Lipinski definition) is 0. The second-order valence-corrected chi connectivity index (χ2v) is 11.3. The molecule has 2 aliphatic carbocycles. The quantitative estimate of drug-likeness (QED) is 0.215. The molecule has 1 nitrogen and oxygen atoms in total. The van der Waals surface area contributed by atoms with Crippen molar-refractivity contribution in [1.29, 1.82) is 0 Å². The van der Waals surface area contributed by atoms with Crippen molar-refractivity contribution in [3.8, 4) is 0 Å². The van der Waals surface area contributed by atoms with Crippen molar-refractivity contribution in [2.24, 2.45) is 17.8 Å². The average molecular weight is 538 g/mol. The van der Waals surface area contributed by atoms with E-state index < -0.39 is 23.6 Å². The van der Waals surface area contributed by atoms with Crippen LogP contribution in [-0.2, 0) is 4.74 Å². The summed E-state index contributed by atoms with van der Waals surface area (Å²) in [5, 5.41) is 0. The topological polar surface area (TPSA) is 9.23 Å². The van der Waals surface area contributed by atoms with Gasteiger partial charge >= 0.3 is 0 Å². The number of benzene rings is 1. The first kappa shape index (κ1) is 22.8. The van der Waals surface area contributed by atoms with Gasteiger partial charge in [-0.3, -0.25) is 0 Å². The van der Waals surface area contributed by atoms with Gasteiger partial charge in [-0.25, -0.2) is 17.6 Å². The zero-order valence-corrected chi connectivity index (χ0v) is 19.4. The normalized spacial score (nSPS) is 35.5. The smallest absolute Gasteiger partial charge is 0.269 e. The molecular formula is C24H31F4IO. The highest BCUT2D eigenvalue weighted by Crippen LogP contribution is 2.43. The third kappa shape index (κ3) is 5.16. The van der Waals surface area contributed by atoms with E-state index in [1.807, 2.05) is 0 Å². The minimum atomic E-state index is -3.13. The molecule has 30 heavy (non-hydrogen) atoms. The van der Waals surface area contributed by atoms with Crippen LogP contribution >= 0.6 is 22.6 Å². The van der Waals surface area contributed by atoms with Gasteiger partial charge in [-0.15, -0.1) is 0 Å². The molecular weight excluding hydrogens is 507 g/mol. The van der Waals surface area contributed by atoms with Crippen LogP contribution in [0.15, 0.2) is 12.1 Å². The van der Waals surface area contributed by atoms with Crippen molar-refractivity contribution in [2.75, 3.05) is 6.61 Å². The van der Waals surface area contributed by atoms with Crippen LogP contribution in [0.1, 0.15) is 87.7 Å². The zero-order valence-electron chi connectivity index (χ0n) is 17.3. The van der Waals surface area contributed by atoms with Crippen LogP contribution in [0.2, 0.25) is 0 Å². The van der Waals surface area contributed by atoms with Gasteiger partial charge < -0.3 is 4.74 Å². The summed E-state index contributed by atoms with van der Waals surface area (Å²) >= 11 is 2.58. The maximum absolute atomic E-state index is 14.0. The Kier molecular flexibility index (Phi) is 7.64. The van der Waals surface area contributed by atoms with E-state index in [-0.39, 0.29) is 5.92 Å². The molecule has 0 bridgehead atoms. The molecule has 3 aliphatic rings. The van der Waals surface area contributed by atoms with Gasteiger partial charge in [-0.1, -0.05) is 22.6 Å². The summed E-state index contributed by atoms with van der Waals surface area (Å²) in [5.41, 5.74) is -0.590. The number of ether oxygens (including phenoxy) is 1. The molecule has 168 valence electrons. The SMILES string of the molecule is Fc1cc(C2CCC(C3CC[C@@H](C4CCC(I)CC4)CO3)CC2)cc(F)c1C(F)F. The highest BCUT2D eigenvalue weighted by molar-refractivity contribution is 14.1. The molecule has 1 heterocycles. The van der Waals surface area contributed by atoms with E-state index in [2.05, 4.69) is 22.6 Å². The Labute approximate surface area is 190 Å². The van der Waals surface area contributed by atoms with Crippen molar-refractivity contribution in [3.05, 3.63) is 34.9 Å². The Balaban J connectivity index is 1.27. The minimum absolute atomic E-state index is 0.0387. The molecule has 1 unspecified atom stereocenters. The van der Waals surface area contributed by atoms with Crippen LogP contribution < -0.4 is 0 Å². The van der Waals surface area contributed by atoms with Crippen molar-refractivity contribution in [3.63, 3.8) is 0 Å². The number of hydrogen-bond acceptors (Lipinski definition) is 1. The Morgan fingerprint density at radius 3 is 1.87 bits per heavy atom. The van der Waals surface area contributed by atoms with Crippen LogP contribution in [0.25, 0.3) is 0 Å². The number of alkyl halides is 3. The van der Waals surface area contributed by atoms with Gasteiger partial charge in [-0.2, -0.15) is 0 Å². The Hall–Kier alpha value is -0.370. The van der Waals surface area contributed by atoms with E-state index in [0.717, 1.165) is 60.7 Å². The van der Waals surface area contributed by atoms with E-state index in [9.17, 15) is 17.6 Å². The minimum Gasteiger partial charge on any atom is -0.378 e. The summed E-state index contributed by atoms with van der Waals surface area (Å²) in [6, 6.07) is 2.23. The fraction of sp³-hybridized carbons (Fsp3) is 0.750. The molecule has 0 aromatic heterocycles. The van der Waals surface area contributed by atoms with E-state index in [0.29, 0.717) is 23.5 Å². The highest BCUT2D eigenvalue weighted by atomic mass is 127. The monoisotopic (exact) mass is 538 g/mol. The van der Waals surface area contributed by atoms with Gasteiger partial charge in [0.1, 0.15) is 11.6 Å². The maximum atomic E-state index is 14.0. The zero-order chi connectivity index (χ0) is 21.3. The Bertz CT molecular complexity index is 680. The highest BCUT2D eigenvalue weighted by Gasteiger charge is 2.35. The number of rotatable bonds is 4. The van der Waals surface area contributed by atoms with Gasteiger partial charge in [0.05, 0.1) is 18.3 Å². The van der Waals surface area contributed by atoms with Crippen molar-refractivity contribution >= 4 is 22.6 Å². The first-order valence-corrected chi connectivity index (χ1v) is 12.7. The second kappa shape index (κ2) is 10.1. The summed E-state index contributed by atoms with van der Waals surface area (Å²) < 4.78 is 60.7. The molecule has 0 spiro atoms. The lowest BCUT2D eigenvalue weighted by Crippen LogP contribution is -2.37. The maximum Gasteiger partial charge on any atom is 0.269 e. The van der Waals surface area contributed by atoms with Crippen LogP contribution in [0, 0.1) is 29.4 Å². The first-order valence-electron chi connectivity index (χ1n) is 11.4. The van der Waals surface area contributed by atoms with Crippen LogP contribution in [0.4, 0.5) is 17.6 Å². The van der Waals surface area contributed by atoms with E-state index in [1.54, 1.807) is 0 Å². The van der Waals surface area contributed by atoms with Gasteiger partial charge in [0.2, 0.25) is 0 Å². The van der Waals surface area contributed by atoms with Crippen LogP contribution in [-0.4, -0.2) is 16.6 Å². The summed E-state index contributed by atoms with van der Waals surface area (Å²) in [5.74, 6) is -0.172. The van der Waals surface area contributed by atoms with Crippen molar-refractivity contribution in [2.45, 2.75) is 86.6 Å². The third-order valence-electron chi connectivity index (χ3n) is 7.80. The summed E-state index contributed by atoms with van der Waals surface area (Å²) in [4.78, 5) is 0. The average Bonchev–Trinajstić information content (AvgIpc) is 2.74. The second-order valence-electron chi connectivity index (χ2n) is 9.53. The lowest BCUT2D eigenvalue weighted by Gasteiger charge is -2.41. The van der Waals surface area contributed by atoms with Gasteiger partial charge in [0, 0.05) is 3.92 Å². The predicted molar refractivity (Wildman–Crippen MR) is 118 cm³/mol. The molecule has 1 saturated heterocycles. The van der Waals surface area contributed by atoms with Crippen LogP contribution in [0.3, 0.4) is 0 Å². The molecule has 1 aliphatic heterocycles. The van der Waals surface area contributed by atoms with Gasteiger partial charge in [-0.05, 0) is 106 Å². The fourth-order valence-electron chi connectivity index (χ4n) is 5.96. The summed E-state index contributed by atoms with van der Waals surface area (Å²) in [6.07, 6.45) is 8.54. The summed E-state index contributed by atoms with van der Waals surface area (Å²) in [6.45, 7) is 0.882. The Morgan fingerprint density at radius 2 is 1.33 bits per heavy atom. The molecule has 1 aromatic carbocycles. The molecule has 0 N–H and O–H groups in total. The van der Waals surface area contributed by atoms with Crippen LogP contribution in [0.5, 0.6) is 0 Å². The van der Waals surface area contributed by atoms with Gasteiger partial charge in [0.25, 0.3) is 6.43 Å². The van der Waals surface area contributed by atoms with E-state index >= 15 is 0 Å². The third-order valence-corrected chi connectivity index (χ3v) is 9.05. The molecule has 6 heteroatoms. The largest absolute Gasteiger partial charge is 0.378 e. The predicted octanol–water partition coefficient (Wildman–Crippen LogP) is 7.97. The molecule has 3 fully saturated rings. The van der Waals surface area contributed by atoms with Crippen molar-refractivity contribution in [1.82, 2.24) is 0 Å². The fourth-order valence-corrected chi connectivity index (χ4v) is 6.68. The number of halogens is 5. The molecule has 2 saturated carbocycles. The molecule has 4 rings (SSSR count). The van der Waals surface area contributed by atoms with Crippen molar-refractivity contribution < 1.29 is 22.3 Å².